The van der Waals surface area contributed by atoms with E-state index >= 15 is 0 Å². The molecular weight excluding hydrogens is 212 g/mol. The number of rotatable bonds is 4. The predicted octanol–water partition coefficient (Wildman–Crippen LogP) is 3.27. The van der Waals surface area contributed by atoms with Crippen molar-refractivity contribution in [1.29, 1.82) is 0 Å². The van der Waals surface area contributed by atoms with Crippen LogP contribution >= 0.6 is 0 Å². The van der Waals surface area contributed by atoms with Gasteiger partial charge >= 0.3 is 0 Å². The summed E-state index contributed by atoms with van der Waals surface area (Å²) in [5.41, 5.74) is 2.14. The number of carbonyl (C=O) groups is 1. The Morgan fingerprint density at radius 1 is 1.35 bits per heavy atom. The summed E-state index contributed by atoms with van der Waals surface area (Å²) >= 11 is 0. The first-order valence-corrected chi connectivity index (χ1v) is 6.39. The molecule has 0 saturated heterocycles. The van der Waals surface area contributed by atoms with E-state index in [1.165, 1.54) is 11.1 Å². The summed E-state index contributed by atoms with van der Waals surface area (Å²) < 4.78 is 5.33. The van der Waals surface area contributed by atoms with Crippen molar-refractivity contribution in [1.82, 2.24) is 0 Å². The lowest BCUT2D eigenvalue weighted by atomic mass is 9.79. The lowest BCUT2D eigenvalue weighted by Crippen LogP contribution is -2.23. The second kappa shape index (κ2) is 4.91. The van der Waals surface area contributed by atoms with Crippen LogP contribution in [0.1, 0.15) is 43.7 Å². The third-order valence-corrected chi connectivity index (χ3v) is 3.96. The van der Waals surface area contributed by atoms with Gasteiger partial charge in [-0.3, -0.25) is 0 Å². The molecule has 1 aromatic carbocycles. The molecule has 0 radical (unpaired) electrons. The van der Waals surface area contributed by atoms with Crippen LogP contribution in [0.4, 0.5) is 0 Å². The van der Waals surface area contributed by atoms with Crippen LogP contribution in [0.5, 0.6) is 5.75 Å². The molecule has 1 saturated carbocycles. The third-order valence-electron chi connectivity index (χ3n) is 3.96. The number of aryl methyl sites for hydroxylation is 1. The number of benzene rings is 1. The molecule has 92 valence electrons. The number of hydrogen-bond acceptors (Lipinski definition) is 2. The van der Waals surface area contributed by atoms with Gasteiger partial charge in [0.25, 0.3) is 0 Å². The zero-order chi connectivity index (χ0) is 12.3. The van der Waals surface area contributed by atoms with Gasteiger partial charge in [0, 0.05) is 0 Å². The highest BCUT2D eigenvalue weighted by Crippen LogP contribution is 2.40. The third kappa shape index (κ3) is 2.08. The minimum atomic E-state index is -0.226. The van der Waals surface area contributed by atoms with E-state index in [1.54, 1.807) is 7.11 Å². The molecule has 0 heterocycles. The first-order valence-electron chi connectivity index (χ1n) is 6.39. The van der Waals surface area contributed by atoms with Crippen LogP contribution in [0.25, 0.3) is 0 Å². The van der Waals surface area contributed by atoms with Gasteiger partial charge in [0.15, 0.2) is 0 Å². The molecule has 0 amide bonds. The van der Waals surface area contributed by atoms with Crippen molar-refractivity contribution in [3.05, 3.63) is 29.3 Å². The van der Waals surface area contributed by atoms with Crippen LogP contribution in [-0.2, 0) is 16.6 Å². The molecular formula is C15H20O2. The highest BCUT2D eigenvalue weighted by molar-refractivity contribution is 5.69. The zero-order valence-electron chi connectivity index (χ0n) is 10.7. The van der Waals surface area contributed by atoms with E-state index in [4.69, 9.17) is 4.74 Å². The highest BCUT2D eigenvalue weighted by atomic mass is 16.5. The number of carbonyl (C=O) groups excluding carboxylic acids is 1. The monoisotopic (exact) mass is 232 g/mol. The van der Waals surface area contributed by atoms with Gasteiger partial charge < -0.3 is 9.53 Å². The largest absolute Gasteiger partial charge is 0.496 e. The molecule has 0 spiro atoms. The Bertz CT molecular complexity index is 403. The van der Waals surface area contributed by atoms with E-state index in [9.17, 15) is 4.79 Å². The maximum Gasteiger partial charge on any atom is 0.130 e. The van der Waals surface area contributed by atoms with Crippen molar-refractivity contribution in [2.24, 2.45) is 0 Å². The number of aldehydes is 1. The molecule has 2 heteroatoms. The van der Waals surface area contributed by atoms with Crippen LogP contribution < -0.4 is 4.74 Å². The van der Waals surface area contributed by atoms with E-state index in [-0.39, 0.29) is 5.41 Å². The lowest BCUT2D eigenvalue weighted by molar-refractivity contribution is -0.112. The molecule has 1 aromatic rings. The zero-order valence-corrected chi connectivity index (χ0v) is 10.7. The maximum atomic E-state index is 11.5. The van der Waals surface area contributed by atoms with E-state index < -0.39 is 0 Å². The van der Waals surface area contributed by atoms with Gasteiger partial charge in [-0.25, -0.2) is 0 Å². The molecule has 0 bridgehead atoms. The van der Waals surface area contributed by atoms with Gasteiger partial charge in [0.2, 0.25) is 0 Å². The summed E-state index contributed by atoms with van der Waals surface area (Å²) in [5.74, 6) is 0.926. The fourth-order valence-electron chi connectivity index (χ4n) is 2.85. The standard InChI is InChI=1S/C15H20O2/c1-3-12-10-13(6-7-14(12)17-2)15(11-16)8-4-5-9-15/h6-7,10-11H,3-5,8-9H2,1-2H3. The number of hydrogen-bond donors (Lipinski definition) is 0. The average Bonchev–Trinajstić information content (AvgIpc) is 2.88. The summed E-state index contributed by atoms with van der Waals surface area (Å²) in [4.78, 5) is 11.5. The summed E-state index contributed by atoms with van der Waals surface area (Å²) in [6.07, 6.45) is 6.39. The van der Waals surface area contributed by atoms with Gasteiger partial charge in [0.05, 0.1) is 12.5 Å². The van der Waals surface area contributed by atoms with Crippen LogP contribution in [0, 0.1) is 0 Å². The fraction of sp³-hybridized carbons (Fsp3) is 0.533. The van der Waals surface area contributed by atoms with Gasteiger partial charge in [-0.2, -0.15) is 0 Å². The van der Waals surface area contributed by atoms with Crippen molar-refractivity contribution < 1.29 is 9.53 Å². The summed E-state index contributed by atoms with van der Waals surface area (Å²) in [5, 5.41) is 0. The predicted molar refractivity (Wildman–Crippen MR) is 68.6 cm³/mol. The quantitative estimate of drug-likeness (QED) is 0.745. The van der Waals surface area contributed by atoms with Crippen molar-refractivity contribution in [3.8, 4) is 5.75 Å². The first-order chi connectivity index (χ1) is 8.25. The minimum Gasteiger partial charge on any atom is -0.496 e. The Kier molecular flexibility index (Phi) is 3.51. The van der Waals surface area contributed by atoms with Crippen molar-refractivity contribution in [2.45, 2.75) is 44.4 Å². The van der Waals surface area contributed by atoms with E-state index in [2.05, 4.69) is 19.1 Å². The van der Waals surface area contributed by atoms with Crippen LogP contribution in [0.3, 0.4) is 0 Å². The molecule has 17 heavy (non-hydrogen) atoms. The Hall–Kier alpha value is -1.31. The molecule has 1 aliphatic carbocycles. The van der Waals surface area contributed by atoms with E-state index in [1.807, 2.05) is 6.07 Å². The van der Waals surface area contributed by atoms with Gasteiger partial charge in [-0.1, -0.05) is 31.9 Å². The Labute approximate surface area is 103 Å². The van der Waals surface area contributed by atoms with Gasteiger partial charge in [0.1, 0.15) is 12.0 Å². The number of ether oxygens (including phenoxy) is 1. The van der Waals surface area contributed by atoms with Gasteiger partial charge in [-0.15, -0.1) is 0 Å². The van der Waals surface area contributed by atoms with Crippen molar-refractivity contribution >= 4 is 6.29 Å². The summed E-state index contributed by atoms with van der Waals surface area (Å²) in [7, 11) is 1.69. The Morgan fingerprint density at radius 3 is 2.59 bits per heavy atom. The maximum absolute atomic E-state index is 11.5. The van der Waals surface area contributed by atoms with E-state index in [0.29, 0.717) is 0 Å². The average molecular weight is 232 g/mol. The molecule has 2 rings (SSSR count). The minimum absolute atomic E-state index is 0.226. The molecule has 1 fully saturated rings. The van der Waals surface area contributed by atoms with Crippen molar-refractivity contribution in [2.75, 3.05) is 7.11 Å². The lowest BCUT2D eigenvalue weighted by Gasteiger charge is -2.23. The molecule has 0 atom stereocenters. The second-order valence-electron chi connectivity index (χ2n) is 4.86. The van der Waals surface area contributed by atoms with E-state index in [0.717, 1.165) is 44.1 Å². The smallest absolute Gasteiger partial charge is 0.130 e. The molecule has 0 unspecified atom stereocenters. The Morgan fingerprint density at radius 2 is 2.06 bits per heavy atom. The highest BCUT2D eigenvalue weighted by Gasteiger charge is 2.35. The summed E-state index contributed by atoms with van der Waals surface area (Å²) in [6.45, 7) is 2.11. The van der Waals surface area contributed by atoms with Gasteiger partial charge in [-0.05, 0) is 36.5 Å². The van der Waals surface area contributed by atoms with Crippen molar-refractivity contribution in [3.63, 3.8) is 0 Å². The first kappa shape index (κ1) is 12.2. The van der Waals surface area contributed by atoms with Crippen LogP contribution in [0.15, 0.2) is 18.2 Å². The molecule has 0 N–H and O–H groups in total. The molecule has 0 aromatic heterocycles. The second-order valence-corrected chi connectivity index (χ2v) is 4.86. The Balaban J connectivity index is 2.41. The molecule has 1 aliphatic rings. The normalized spacial score (nSPS) is 18.0. The summed E-state index contributed by atoms with van der Waals surface area (Å²) in [6, 6.07) is 6.20. The SMILES string of the molecule is CCc1cc(C2(C=O)CCCC2)ccc1OC. The van der Waals surface area contributed by atoms with Crippen LogP contribution in [-0.4, -0.2) is 13.4 Å². The number of methoxy groups -OCH3 is 1. The molecule has 0 aliphatic heterocycles. The van der Waals surface area contributed by atoms with Crippen LogP contribution in [0.2, 0.25) is 0 Å². The molecule has 2 nitrogen and oxygen atoms in total. The topological polar surface area (TPSA) is 26.3 Å². The fourth-order valence-corrected chi connectivity index (χ4v) is 2.85.